The van der Waals surface area contributed by atoms with E-state index in [0.717, 1.165) is 24.3 Å². The van der Waals surface area contributed by atoms with Crippen molar-refractivity contribution in [2.75, 3.05) is 6.54 Å². The molecule has 4 heteroatoms. The Bertz CT molecular complexity index is 334. The third-order valence-electron chi connectivity index (χ3n) is 3.34. The Balaban J connectivity index is 2.51. The van der Waals surface area contributed by atoms with E-state index in [9.17, 15) is 5.11 Å². The first-order chi connectivity index (χ1) is 8.04. The second-order valence-electron chi connectivity index (χ2n) is 4.55. The highest BCUT2D eigenvalue weighted by molar-refractivity contribution is 7.11. The molecule has 0 aliphatic carbocycles. The van der Waals surface area contributed by atoms with E-state index >= 15 is 0 Å². The number of thiazole rings is 1. The van der Waals surface area contributed by atoms with Gasteiger partial charge >= 0.3 is 0 Å². The van der Waals surface area contributed by atoms with Gasteiger partial charge in [-0.05, 0) is 26.2 Å². The highest BCUT2D eigenvalue weighted by Gasteiger charge is 2.23. The van der Waals surface area contributed by atoms with Gasteiger partial charge in [0.25, 0.3) is 0 Å². The van der Waals surface area contributed by atoms with Crippen molar-refractivity contribution >= 4 is 11.3 Å². The maximum Gasteiger partial charge on any atom is 0.109 e. The van der Waals surface area contributed by atoms with Crippen molar-refractivity contribution in [2.24, 2.45) is 0 Å². The first kappa shape index (κ1) is 14.6. The summed E-state index contributed by atoms with van der Waals surface area (Å²) in [5.74, 6) is 0. The summed E-state index contributed by atoms with van der Waals surface area (Å²) < 4.78 is 0. The molecule has 1 unspecified atom stereocenters. The normalized spacial score (nSPS) is 13.9. The topological polar surface area (TPSA) is 45.2 Å². The van der Waals surface area contributed by atoms with Crippen molar-refractivity contribution < 1.29 is 5.11 Å². The molecule has 0 aliphatic heterocycles. The van der Waals surface area contributed by atoms with Crippen LogP contribution < -0.4 is 5.32 Å². The van der Waals surface area contributed by atoms with Gasteiger partial charge < -0.3 is 10.4 Å². The number of hydrogen-bond acceptors (Lipinski definition) is 4. The van der Waals surface area contributed by atoms with Crippen LogP contribution in [0.4, 0.5) is 0 Å². The van der Waals surface area contributed by atoms with Crippen molar-refractivity contribution in [2.45, 2.75) is 58.6 Å². The number of aryl methyl sites for hydroxylation is 1. The summed E-state index contributed by atoms with van der Waals surface area (Å²) in [6, 6.07) is 0.213. The second kappa shape index (κ2) is 6.47. The number of aromatic nitrogens is 1. The van der Waals surface area contributed by atoms with Crippen molar-refractivity contribution in [3.05, 3.63) is 16.1 Å². The molecule has 1 atom stereocenters. The Morgan fingerprint density at radius 1 is 1.41 bits per heavy atom. The third kappa shape index (κ3) is 4.05. The number of nitrogens with zero attached hydrogens (tertiary/aromatic N) is 1. The molecule has 17 heavy (non-hydrogen) atoms. The molecule has 0 bridgehead atoms. The van der Waals surface area contributed by atoms with Crippen molar-refractivity contribution in [1.82, 2.24) is 10.3 Å². The Morgan fingerprint density at radius 3 is 2.53 bits per heavy atom. The molecule has 0 aliphatic rings. The summed E-state index contributed by atoms with van der Waals surface area (Å²) in [6.07, 6.45) is 4.55. The number of rotatable bonds is 7. The van der Waals surface area contributed by atoms with Crippen LogP contribution in [0, 0.1) is 0 Å². The van der Waals surface area contributed by atoms with Crippen LogP contribution in [0.5, 0.6) is 0 Å². The Hall–Kier alpha value is -0.450. The quantitative estimate of drug-likeness (QED) is 0.788. The molecule has 98 valence electrons. The fraction of sp³-hybridized carbons (Fsp3) is 0.769. The van der Waals surface area contributed by atoms with E-state index in [0.29, 0.717) is 6.54 Å². The van der Waals surface area contributed by atoms with Gasteiger partial charge in [0.2, 0.25) is 0 Å². The summed E-state index contributed by atoms with van der Waals surface area (Å²) in [6.45, 7) is 8.91. The van der Waals surface area contributed by atoms with Crippen molar-refractivity contribution in [3.8, 4) is 0 Å². The minimum atomic E-state index is -0.584. The smallest absolute Gasteiger partial charge is 0.109 e. The lowest BCUT2D eigenvalue weighted by Crippen LogP contribution is -2.40. The fourth-order valence-corrected chi connectivity index (χ4v) is 2.50. The molecule has 0 aromatic carbocycles. The van der Waals surface area contributed by atoms with Gasteiger partial charge in [-0.15, -0.1) is 11.3 Å². The van der Waals surface area contributed by atoms with Crippen molar-refractivity contribution in [3.63, 3.8) is 0 Å². The molecule has 0 fully saturated rings. The molecule has 0 radical (unpaired) electrons. The monoisotopic (exact) mass is 256 g/mol. The highest BCUT2D eigenvalue weighted by atomic mass is 32.1. The minimum Gasteiger partial charge on any atom is -0.389 e. The van der Waals surface area contributed by atoms with Crippen LogP contribution in [0.25, 0.3) is 0 Å². The second-order valence-corrected chi connectivity index (χ2v) is 5.70. The number of hydrogen-bond donors (Lipinski definition) is 2. The molecule has 1 aromatic rings. The average molecular weight is 256 g/mol. The van der Waals surface area contributed by atoms with Gasteiger partial charge in [0.05, 0.1) is 11.6 Å². The molecule has 0 saturated heterocycles. The summed E-state index contributed by atoms with van der Waals surface area (Å²) in [4.78, 5) is 5.73. The summed E-state index contributed by atoms with van der Waals surface area (Å²) >= 11 is 1.75. The lowest BCUT2D eigenvalue weighted by atomic mass is 9.97. The lowest BCUT2D eigenvalue weighted by Gasteiger charge is -2.27. The minimum absolute atomic E-state index is 0.213. The van der Waals surface area contributed by atoms with E-state index in [-0.39, 0.29) is 6.04 Å². The first-order valence-electron chi connectivity index (χ1n) is 6.45. The molecule has 0 saturated carbocycles. The molecule has 1 rings (SSSR count). The fourth-order valence-electron chi connectivity index (χ4n) is 1.62. The zero-order valence-corrected chi connectivity index (χ0v) is 12.1. The Morgan fingerprint density at radius 2 is 2.06 bits per heavy atom. The highest BCUT2D eigenvalue weighted by Crippen LogP contribution is 2.21. The standard InChI is InChI=1S/C13H24N2OS/c1-5-11-8-14-12(17-11)10(4)15-9-13(16,6-2)7-3/h8,10,15-16H,5-7,9H2,1-4H3. The summed E-state index contributed by atoms with van der Waals surface area (Å²) in [5, 5.41) is 14.7. The van der Waals surface area contributed by atoms with Gasteiger partial charge in [-0.1, -0.05) is 20.8 Å². The lowest BCUT2D eigenvalue weighted by molar-refractivity contribution is 0.0303. The summed E-state index contributed by atoms with van der Waals surface area (Å²) in [5.41, 5.74) is -0.584. The number of nitrogens with one attached hydrogen (secondary N) is 1. The molecule has 0 spiro atoms. The Labute approximate surface area is 108 Å². The van der Waals surface area contributed by atoms with E-state index in [1.165, 1.54) is 4.88 Å². The SMILES string of the molecule is CCc1cnc(C(C)NCC(O)(CC)CC)s1. The van der Waals surface area contributed by atoms with Gasteiger partial charge in [-0.25, -0.2) is 4.98 Å². The average Bonchev–Trinajstić information content (AvgIpc) is 2.84. The molecule has 1 heterocycles. The van der Waals surface area contributed by atoms with Gasteiger partial charge in [-0.3, -0.25) is 0 Å². The molecule has 2 N–H and O–H groups in total. The van der Waals surface area contributed by atoms with Crippen molar-refractivity contribution in [1.29, 1.82) is 0 Å². The van der Waals surface area contributed by atoms with Gasteiger partial charge in [-0.2, -0.15) is 0 Å². The van der Waals surface area contributed by atoms with Crippen LogP contribution in [0.2, 0.25) is 0 Å². The van der Waals surface area contributed by atoms with E-state index < -0.39 is 5.60 Å². The van der Waals surface area contributed by atoms with E-state index in [4.69, 9.17) is 0 Å². The Kier molecular flexibility index (Phi) is 5.56. The van der Waals surface area contributed by atoms with E-state index in [1.807, 2.05) is 20.0 Å². The maximum atomic E-state index is 10.2. The van der Waals surface area contributed by atoms with Crippen LogP contribution in [0.3, 0.4) is 0 Å². The molecule has 3 nitrogen and oxygen atoms in total. The molecular weight excluding hydrogens is 232 g/mol. The summed E-state index contributed by atoms with van der Waals surface area (Å²) in [7, 11) is 0. The van der Waals surface area contributed by atoms with Gasteiger partial charge in [0.1, 0.15) is 5.01 Å². The van der Waals surface area contributed by atoms with Crippen LogP contribution in [0.15, 0.2) is 6.20 Å². The molecule has 0 amide bonds. The first-order valence-corrected chi connectivity index (χ1v) is 7.26. The van der Waals surface area contributed by atoms with E-state index in [1.54, 1.807) is 11.3 Å². The van der Waals surface area contributed by atoms with Crippen LogP contribution >= 0.6 is 11.3 Å². The zero-order chi connectivity index (χ0) is 12.9. The third-order valence-corrected chi connectivity index (χ3v) is 4.67. The predicted octanol–water partition coefficient (Wildman–Crippen LogP) is 2.91. The van der Waals surface area contributed by atoms with Gasteiger partial charge in [0.15, 0.2) is 0 Å². The number of aliphatic hydroxyl groups is 1. The molecular formula is C13H24N2OS. The van der Waals surface area contributed by atoms with E-state index in [2.05, 4.69) is 24.1 Å². The van der Waals surface area contributed by atoms with Gasteiger partial charge in [0, 0.05) is 17.6 Å². The van der Waals surface area contributed by atoms with Crippen LogP contribution in [-0.4, -0.2) is 22.2 Å². The zero-order valence-electron chi connectivity index (χ0n) is 11.3. The predicted molar refractivity (Wildman–Crippen MR) is 73.4 cm³/mol. The van der Waals surface area contributed by atoms with Crippen LogP contribution in [-0.2, 0) is 6.42 Å². The maximum absolute atomic E-state index is 10.2. The molecule has 1 aromatic heterocycles. The van der Waals surface area contributed by atoms with Crippen LogP contribution in [0.1, 0.15) is 56.5 Å². The largest absolute Gasteiger partial charge is 0.389 e.